The van der Waals surface area contributed by atoms with Crippen LogP contribution in [0.4, 0.5) is 0 Å². The van der Waals surface area contributed by atoms with E-state index in [-0.39, 0.29) is 11.5 Å². The Hall–Kier alpha value is -1.45. The fraction of sp³-hybridized carbons (Fsp3) is 0.533. The van der Waals surface area contributed by atoms with Crippen LogP contribution in [0, 0.1) is 0 Å². The van der Waals surface area contributed by atoms with E-state index >= 15 is 0 Å². The van der Waals surface area contributed by atoms with Gasteiger partial charge in [-0.3, -0.25) is 4.55 Å². The first-order valence-corrected chi connectivity index (χ1v) is 10.2. The summed E-state index contributed by atoms with van der Waals surface area (Å²) in [5.74, 6) is 0.533. The standard InChI is InChI=1S/C15H21NO10S2/c1-24-9-4-2-3-8(5-9)6-11(16-26-28(21,22)23)27-15-14(20)13(19)12(18)10(7-17)25-15/h2-5,10,12-15,17-20H,6-7H2,1H3,(H,21,22,23)/b16-11-/t10-,12+,13+,14+,15+/m0/s1. The Kier molecular flexibility index (Phi) is 8.03. The minimum absolute atomic E-state index is 0.00636. The van der Waals surface area contributed by atoms with E-state index in [9.17, 15) is 28.8 Å². The van der Waals surface area contributed by atoms with Crippen molar-refractivity contribution < 1.29 is 47.2 Å². The Labute approximate surface area is 165 Å². The highest BCUT2D eigenvalue weighted by Gasteiger charge is 2.44. The molecule has 0 amide bonds. The molecule has 0 aromatic heterocycles. The predicted molar refractivity (Wildman–Crippen MR) is 98.1 cm³/mol. The van der Waals surface area contributed by atoms with E-state index in [0.29, 0.717) is 23.1 Å². The molecule has 5 atom stereocenters. The van der Waals surface area contributed by atoms with Crippen molar-refractivity contribution in [1.82, 2.24) is 0 Å². The number of hydrogen-bond donors (Lipinski definition) is 5. The molecule has 5 N–H and O–H groups in total. The third-order valence-electron chi connectivity index (χ3n) is 3.82. The van der Waals surface area contributed by atoms with Crippen molar-refractivity contribution in [3.63, 3.8) is 0 Å². The number of aliphatic hydroxyl groups excluding tert-OH is 4. The van der Waals surface area contributed by atoms with Gasteiger partial charge in [0.1, 0.15) is 40.6 Å². The van der Waals surface area contributed by atoms with Crippen LogP contribution in [0.1, 0.15) is 5.56 Å². The van der Waals surface area contributed by atoms with Crippen molar-refractivity contribution in [2.24, 2.45) is 5.16 Å². The van der Waals surface area contributed by atoms with E-state index in [0.717, 1.165) is 0 Å². The summed E-state index contributed by atoms with van der Waals surface area (Å²) in [5.41, 5.74) is -0.570. The van der Waals surface area contributed by atoms with Crippen molar-refractivity contribution in [3.8, 4) is 5.75 Å². The number of oxime groups is 1. The predicted octanol–water partition coefficient (Wildman–Crippen LogP) is -1.10. The topological polar surface area (TPSA) is 175 Å². The molecule has 11 nitrogen and oxygen atoms in total. The number of methoxy groups -OCH3 is 1. The minimum Gasteiger partial charge on any atom is -0.497 e. The Balaban J connectivity index is 2.23. The van der Waals surface area contributed by atoms with E-state index in [4.69, 9.17) is 14.0 Å². The molecule has 0 saturated carbocycles. The maximum absolute atomic E-state index is 10.8. The maximum Gasteiger partial charge on any atom is 0.466 e. The van der Waals surface area contributed by atoms with Gasteiger partial charge in [-0.25, -0.2) is 4.28 Å². The number of aliphatic hydroxyl groups is 4. The molecule has 1 fully saturated rings. The van der Waals surface area contributed by atoms with Gasteiger partial charge in [0, 0.05) is 6.42 Å². The first-order valence-electron chi connectivity index (χ1n) is 7.97. The molecular weight excluding hydrogens is 418 g/mol. The zero-order chi connectivity index (χ0) is 20.9. The van der Waals surface area contributed by atoms with Crippen LogP contribution in [0.5, 0.6) is 5.75 Å². The number of benzene rings is 1. The zero-order valence-corrected chi connectivity index (χ0v) is 16.3. The number of thioether (sulfide) groups is 1. The van der Waals surface area contributed by atoms with Gasteiger partial charge in [0.2, 0.25) is 0 Å². The molecule has 0 unspecified atom stereocenters. The molecule has 2 rings (SSSR count). The van der Waals surface area contributed by atoms with Crippen LogP contribution >= 0.6 is 11.8 Å². The molecule has 1 saturated heterocycles. The van der Waals surface area contributed by atoms with Gasteiger partial charge < -0.3 is 29.9 Å². The highest BCUT2D eigenvalue weighted by atomic mass is 32.3. The summed E-state index contributed by atoms with van der Waals surface area (Å²) in [7, 11) is -3.40. The van der Waals surface area contributed by atoms with Gasteiger partial charge in [-0.15, -0.1) is 0 Å². The quantitative estimate of drug-likeness (QED) is 0.151. The Morgan fingerprint density at radius 3 is 2.57 bits per heavy atom. The van der Waals surface area contributed by atoms with Crippen LogP contribution in [0.15, 0.2) is 29.4 Å². The highest BCUT2D eigenvalue weighted by molar-refractivity contribution is 8.14. The van der Waals surface area contributed by atoms with Gasteiger partial charge in [-0.2, -0.15) is 8.42 Å². The molecule has 28 heavy (non-hydrogen) atoms. The van der Waals surface area contributed by atoms with E-state index in [1.807, 2.05) is 0 Å². The second-order valence-electron chi connectivity index (χ2n) is 5.83. The molecule has 13 heteroatoms. The van der Waals surface area contributed by atoms with Crippen LogP contribution < -0.4 is 4.74 Å². The molecule has 0 bridgehead atoms. The summed E-state index contributed by atoms with van der Waals surface area (Å²) in [5, 5.41) is 42.4. The molecule has 1 aromatic rings. The van der Waals surface area contributed by atoms with Crippen molar-refractivity contribution >= 4 is 27.2 Å². The molecule has 1 heterocycles. The lowest BCUT2D eigenvalue weighted by Crippen LogP contribution is -2.57. The highest BCUT2D eigenvalue weighted by Crippen LogP contribution is 2.30. The van der Waals surface area contributed by atoms with E-state index < -0.39 is 46.9 Å². The van der Waals surface area contributed by atoms with Gasteiger partial charge >= 0.3 is 10.4 Å². The summed E-state index contributed by atoms with van der Waals surface area (Å²) >= 11 is 0.702. The van der Waals surface area contributed by atoms with Crippen LogP contribution in [0.25, 0.3) is 0 Å². The second kappa shape index (κ2) is 9.84. The van der Waals surface area contributed by atoms with Gasteiger partial charge in [0.05, 0.1) is 13.7 Å². The van der Waals surface area contributed by atoms with Gasteiger partial charge in [-0.1, -0.05) is 29.1 Å². The van der Waals surface area contributed by atoms with Gasteiger partial charge in [0.25, 0.3) is 0 Å². The first-order chi connectivity index (χ1) is 13.1. The SMILES string of the molecule is COc1cccc(C/C(=N/OS(=O)(=O)O)S[C@H]2O[C@@H](CO)[C@@H](O)[C@@H](O)[C@H]2O)c1. The molecule has 0 spiro atoms. The molecule has 1 aliphatic rings. The summed E-state index contributed by atoms with van der Waals surface area (Å²) in [6, 6.07) is 6.73. The summed E-state index contributed by atoms with van der Waals surface area (Å²) in [4.78, 5) is 0. The molecule has 1 aliphatic heterocycles. The molecule has 0 radical (unpaired) electrons. The number of rotatable bonds is 7. The fourth-order valence-corrected chi connectivity index (χ4v) is 3.77. The van der Waals surface area contributed by atoms with Crippen LogP contribution in [-0.4, -0.2) is 82.0 Å². The lowest BCUT2D eigenvalue weighted by atomic mass is 10.0. The largest absolute Gasteiger partial charge is 0.497 e. The Bertz CT molecular complexity index is 785. The third-order valence-corrected chi connectivity index (χ3v) is 5.20. The van der Waals surface area contributed by atoms with Crippen molar-refractivity contribution in [2.45, 2.75) is 36.3 Å². The average Bonchev–Trinajstić information content (AvgIpc) is 2.66. The summed E-state index contributed by atoms with van der Waals surface area (Å²) in [6.45, 7) is -0.619. The van der Waals surface area contributed by atoms with Gasteiger partial charge in [-0.05, 0) is 17.7 Å². The first kappa shape index (κ1) is 22.8. The van der Waals surface area contributed by atoms with Crippen molar-refractivity contribution in [1.29, 1.82) is 0 Å². The second-order valence-corrected chi connectivity index (χ2v) is 8.01. The summed E-state index contributed by atoms with van der Waals surface area (Å²) < 4.78 is 45.0. The number of ether oxygens (including phenoxy) is 2. The molecule has 158 valence electrons. The monoisotopic (exact) mass is 439 g/mol. The number of hydrogen-bond acceptors (Lipinski definition) is 11. The summed E-state index contributed by atoms with van der Waals surface area (Å²) in [6.07, 6.45) is -5.85. The zero-order valence-electron chi connectivity index (χ0n) is 14.7. The normalized spacial score (nSPS) is 28.8. The van der Waals surface area contributed by atoms with Crippen molar-refractivity contribution in [2.75, 3.05) is 13.7 Å². The van der Waals surface area contributed by atoms with E-state index in [1.54, 1.807) is 24.3 Å². The Morgan fingerprint density at radius 2 is 1.96 bits per heavy atom. The molecule has 1 aromatic carbocycles. The lowest BCUT2D eigenvalue weighted by molar-refractivity contribution is -0.205. The van der Waals surface area contributed by atoms with Crippen LogP contribution in [0.3, 0.4) is 0 Å². The van der Waals surface area contributed by atoms with E-state index in [1.165, 1.54) is 7.11 Å². The maximum atomic E-state index is 10.8. The third kappa shape index (κ3) is 6.28. The van der Waals surface area contributed by atoms with Crippen LogP contribution in [-0.2, 0) is 25.8 Å². The smallest absolute Gasteiger partial charge is 0.466 e. The Morgan fingerprint density at radius 1 is 1.25 bits per heavy atom. The molecule has 0 aliphatic carbocycles. The fourth-order valence-electron chi connectivity index (χ4n) is 2.44. The van der Waals surface area contributed by atoms with E-state index in [2.05, 4.69) is 9.44 Å². The minimum atomic E-state index is -4.87. The molecular formula is C15H21NO10S2. The van der Waals surface area contributed by atoms with Crippen molar-refractivity contribution in [3.05, 3.63) is 29.8 Å². The number of nitrogens with zero attached hydrogens (tertiary/aromatic N) is 1. The average molecular weight is 439 g/mol. The lowest BCUT2D eigenvalue weighted by Gasteiger charge is -2.39. The van der Waals surface area contributed by atoms with Crippen LogP contribution in [0.2, 0.25) is 0 Å². The van der Waals surface area contributed by atoms with Gasteiger partial charge in [0.15, 0.2) is 0 Å².